The molecule has 2 rings (SSSR count). The molecule has 0 unspecified atom stereocenters. The van der Waals surface area contributed by atoms with E-state index in [1.807, 2.05) is 30.5 Å². The average Bonchev–Trinajstić information content (AvgIpc) is 2.48. The molecule has 0 spiro atoms. The molecule has 100 valence electrons. The predicted molar refractivity (Wildman–Crippen MR) is 75.6 cm³/mol. The first-order valence-corrected chi connectivity index (χ1v) is 7.26. The number of hydrogen-bond acceptors (Lipinski definition) is 5. The number of nitrogens with zero attached hydrogens (tertiary/aromatic N) is 2. The zero-order valence-corrected chi connectivity index (χ0v) is 11.8. The van der Waals surface area contributed by atoms with Gasteiger partial charge in [-0.2, -0.15) is 4.98 Å². The van der Waals surface area contributed by atoms with Crippen LogP contribution in [0.3, 0.4) is 0 Å². The third-order valence-electron chi connectivity index (χ3n) is 2.70. The van der Waals surface area contributed by atoms with E-state index in [0.29, 0.717) is 22.3 Å². The molecular weight excluding hydrogens is 260 g/mol. The summed E-state index contributed by atoms with van der Waals surface area (Å²) in [7, 11) is 0. The van der Waals surface area contributed by atoms with E-state index in [9.17, 15) is 5.11 Å². The summed E-state index contributed by atoms with van der Waals surface area (Å²) in [5, 5.41) is 9.90. The first-order chi connectivity index (χ1) is 9.26. The summed E-state index contributed by atoms with van der Waals surface area (Å²) in [5.74, 6) is 1.11. The zero-order chi connectivity index (χ0) is 13.7. The van der Waals surface area contributed by atoms with Gasteiger partial charge >= 0.3 is 0 Å². The van der Waals surface area contributed by atoms with Crippen molar-refractivity contribution in [2.45, 2.75) is 25.1 Å². The van der Waals surface area contributed by atoms with Crippen molar-refractivity contribution < 1.29 is 9.84 Å². The van der Waals surface area contributed by atoms with Gasteiger partial charge in [-0.05, 0) is 30.4 Å². The van der Waals surface area contributed by atoms with E-state index < -0.39 is 0 Å². The summed E-state index contributed by atoms with van der Waals surface area (Å²) in [6, 6.07) is 7.84. The summed E-state index contributed by atoms with van der Waals surface area (Å²) in [6.07, 6.45) is 4.48. The first kappa shape index (κ1) is 13.8. The second-order valence-electron chi connectivity index (χ2n) is 3.94. The summed E-state index contributed by atoms with van der Waals surface area (Å²) in [5.41, 5.74) is 1.83. The van der Waals surface area contributed by atoms with E-state index in [1.54, 1.807) is 6.20 Å². The molecule has 0 saturated heterocycles. The number of ether oxygens (including phenoxy) is 1. The zero-order valence-electron chi connectivity index (χ0n) is 11.0. The molecular formula is C14H16N2O2S. The van der Waals surface area contributed by atoms with Gasteiger partial charge in [0.25, 0.3) is 0 Å². The molecule has 0 aliphatic heterocycles. The first-order valence-electron chi connectivity index (χ1n) is 6.04. The summed E-state index contributed by atoms with van der Waals surface area (Å²) in [6.45, 7) is 1.96. The Bertz CT molecular complexity index is 544. The van der Waals surface area contributed by atoms with E-state index in [1.165, 1.54) is 17.3 Å². The van der Waals surface area contributed by atoms with Crippen molar-refractivity contribution >= 4 is 11.8 Å². The Kier molecular flexibility index (Phi) is 4.76. The van der Waals surface area contributed by atoms with Gasteiger partial charge in [-0.15, -0.1) is 0 Å². The summed E-state index contributed by atoms with van der Waals surface area (Å²) < 4.78 is 5.72. The van der Waals surface area contributed by atoms with Gasteiger partial charge in [-0.1, -0.05) is 30.8 Å². The molecule has 0 atom stereocenters. The normalized spacial score (nSPS) is 10.5. The minimum atomic E-state index is -0.142. The molecule has 0 saturated carbocycles. The monoisotopic (exact) mass is 276 g/mol. The lowest BCUT2D eigenvalue weighted by Gasteiger charge is -2.09. The maximum Gasteiger partial charge on any atom is 0.228 e. The molecule has 1 N–H and O–H groups in total. The van der Waals surface area contributed by atoms with Crippen molar-refractivity contribution in [3.63, 3.8) is 0 Å². The van der Waals surface area contributed by atoms with Crippen LogP contribution in [0.15, 0.2) is 35.6 Å². The Balaban J connectivity index is 2.25. The Morgan fingerprint density at radius 3 is 2.58 bits per heavy atom. The minimum Gasteiger partial charge on any atom is -0.439 e. The Morgan fingerprint density at radius 1 is 1.26 bits per heavy atom. The highest BCUT2D eigenvalue weighted by atomic mass is 32.2. The highest BCUT2D eigenvalue weighted by Crippen LogP contribution is 2.25. The number of hydrogen-bond donors (Lipinski definition) is 1. The molecule has 0 aliphatic carbocycles. The van der Waals surface area contributed by atoms with Crippen molar-refractivity contribution in [3.8, 4) is 11.6 Å². The molecule has 4 nitrogen and oxygen atoms in total. The quantitative estimate of drug-likeness (QED) is 0.672. The standard InChI is InChI=1S/C14H16N2O2S/c1-3-10-4-6-12(7-5-10)18-13-11(9-17)8-15-14(16-13)19-2/h4-8,17H,3,9H2,1-2H3. The third kappa shape index (κ3) is 3.45. The van der Waals surface area contributed by atoms with Gasteiger partial charge in [0.2, 0.25) is 5.88 Å². The molecule has 5 heteroatoms. The van der Waals surface area contributed by atoms with Crippen LogP contribution in [0.1, 0.15) is 18.1 Å². The maximum atomic E-state index is 9.28. The Labute approximate surface area is 116 Å². The van der Waals surface area contributed by atoms with Crippen molar-refractivity contribution in [2.75, 3.05) is 6.26 Å². The fourth-order valence-electron chi connectivity index (χ4n) is 1.58. The summed E-state index contributed by atoms with van der Waals surface area (Å²) >= 11 is 1.43. The van der Waals surface area contributed by atoms with Gasteiger partial charge in [0, 0.05) is 6.20 Å². The average molecular weight is 276 g/mol. The van der Waals surface area contributed by atoms with Crippen LogP contribution in [0.25, 0.3) is 0 Å². The van der Waals surface area contributed by atoms with Crippen LogP contribution < -0.4 is 4.74 Å². The largest absolute Gasteiger partial charge is 0.439 e. The van der Waals surface area contributed by atoms with Gasteiger partial charge in [0.05, 0.1) is 12.2 Å². The topological polar surface area (TPSA) is 55.2 Å². The van der Waals surface area contributed by atoms with Crippen LogP contribution in [0.2, 0.25) is 0 Å². The lowest BCUT2D eigenvalue weighted by atomic mass is 10.2. The number of aromatic nitrogens is 2. The molecule has 1 aromatic carbocycles. The fraction of sp³-hybridized carbons (Fsp3) is 0.286. The van der Waals surface area contributed by atoms with Crippen LogP contribution in [0, 0.1) is 0 Å². The van der Waals surface area contributed by atoms with Crippen LogP contribution in [0.5, 0.6) is 11.6 Å². The molecule has 1 aromatic heterocycles. The van der Waals surface area contributed by atoms with Crippen molar-refractivity contribution in [3.05, 3.63) is 41.6 Å². The van der Waals surface area contributed by atoms with Crippen LogP contribution in [0.4, 0.5) is 0 Å². The van der Waals surface area contributed by atoms with Crippen LogP contribution in [-0.4, -0.2) is 21.3 Å². The van der Waals surface area contributed by atoms with E-state index in [-0.39, 0.29) is 6.61 Å². The van der Waals surface area contributed by atoms with Crippen LogP contribution >= 0.6 is 11.8 Å². The van der Waals surface area contributed by atoms with E-state index in [0.717, 1.165) is 6.42 Å². The highest BCUT2D eigenvalue weighted by Gasteiger charge is 2.08. The number of aliphatic hydroxyl groups excluding tert-OH is 1. The van der Waals surface area contributed by atoms with Crippen molar-refractivity contribution in [1.29, 1.82) is 0 Å². The van der Waals surface area contributed by atoms with Crippen molar-refractivity contribution in [2.24, 2.45) is 0 Å². The molecule has 1 heterocycles. The number of aryl methyl sites for hydroxylation is 1. The molecule has 19 heavy (non-hydrogen) atoms. The number of rotatable bonds is 5. The second-order valence-corrected chi connectivity index (χ2v) is 4.72. The smallest absolute Gasteiger partial charge is 0.228 e. The number of aliphatic hydroxyl groups is 1. The SMILES string of the molecule is CCc1ccc(Oc2nc(SC)ncc2CO)cc1. The number of thioether (sulfide) groups is 1. The minimum absolute atomic E-state index is 0.142. The lowest BCUT2D eigenvalue weighted by Crippen LogP contribution is -1.98. The molecule has 0 bridgehead atoms. The van der Waals surface area contributed by atoms with Gasteiger partial charge in [0.15, 0.2) is 5.16 Å². The maximum absolute atomic E-state index is 9.28. The fourth-order valence-corrected chi connectivity index (χ4v) is 1.91. The number of benzene rings is 1. The van der Waals surface area contributed by atoms with Gasteiger partial charge in [-0.3, -0.25) is 0 Å². The lowest BCUT2D eigenvalue weighted by molar-refractivity contribution is 0.273. The van der Waals surface area contributed by atoms with E-state index >= 15 is 0 Å². The third-order valence-corrected chi connectivity index (χ3v) is 3.26. The van der Waals surface area contributed by atoms with Crippen LogP contribution in [-0.2, 0) is 13.0 Å². The molecule has 0 aliphatic rings. The Morgan fingerprint density at radius 2 is 2.00 bits per heavy atom. The molecule has 0 radical (unpaired) electrons. The predicted octanol–water partition coefficient (Wildman–Crippen LogP) is 3.05. The van der Waals surface area contributed by atoms with Gasteiger partial charge in [0.1, 0.15) is 5.75 Å². The second kappa shape index (κ2) is 6.54. The molecule has 0 amide bonds. The van der Waals surface area contributed by atoms with Crippen molar-refractivity contribution in [1.82, 2.24) is 9.97 Å². The van der Waals surface area contributed by atoms with Gasteiger partial charge < -0.3 is 9.84 Å². The van der Waals surface area contributed by atoms with Gasteiger partial charge in [-0.25, -0.2) is 4.98 Å². The molecule has 2 aromatic rings. The van der Waals surface area contributed by atoms with E-state index in [2.05, 4.69) is 16.9 Å². The summed E-state index contributed by atoms with van der Waals surface area (Å²) in [4.78, 5) is 8.38. The highest BCUT2D eigenvalue weighted by molar-refractivity contribution is 7.98. The molecule has 0 fully saturated rings. The van der Waals surface area contributed by atoms with E-state index in [4.69, 9.17) is 4.74 Å². The Hall–Kier alpha value is -1.59.